The molecule has 0 saturated carbocycles. The number of para-hydroxylation sites is 1. The lowest BCUT2D eigenvalue weighted by molar-refractivity contribution is -0.143. The highest BCUT2D eigenvalue weighted by molar-refractivity contribution is 6.33. The molecule has 3 N–H and O–H groups in total. The first-order valence-electron chi connectivity index (χ1n) is 17.6. The average molecular weight is 700 g/mol. The maximum Gasteiger partial charge on any atom is 0.322 e. The molecule has 0 unspecified atom stereocenters. The van der Waals surface area contributed by atoms with Crippen LogP contribution < -0.4 is 11.1 Å². The molecule has 3 fully saturated rings. The summed E-state index contributed by atoms with van der Waals surface area (Å²) in [5.41, 5.74) is 7.71. The first-order chi connectivity index (χ1) is 23.6. The molecule has 49 heavy (non-hydrogen) atoms. The topological polar surface area (TPSA) is 105 Å². The van der Waals surface area contributed by atoms with Crippen LogP contribution in [-0.4, -0.2) is 120 Å². The number of hydrogen-bond acceptors (Lipinski definition) is 6. The highest BCUT2D eigenvalue weighted by Crippen LogP contribution is 2.34. The number of hydrogen-bond donors (Lipinski definition) is 2. The van der Waals surface area contributed by atoms with Gasteiger partial charge in [-0.15, -0.1) is 0 Å². The molecule has 4 aliphatic rings. The van der Waals surface area contributed by atoms with Crippen LogP contribution in [0.25, 0.3) is 0 Å². The van der Waals surface area contributed by atoms with E-state index in [1.165, 1.54) is 12.1 Å². The van der Waals surface area contributed by atoms with Gasteiger partial charge in [0.1, 0.15) is 0 Å². The molecule has 266 valence electrons. The molecule has 0 bridgehead atoms. The van der Waals surface area contributed by atoms with Crippen molar-refractivity contribution in [1.29, 1.82) is 0 Å². The number of nitrogens with two attached hydrogens (primary N) is 1. The van der Waals surface area contributed by atoms with Gasteiger partial charge in [-0.3, -0.25) is 14.5 Å². The molecule has 4 amide bonds. The van der Waals surface area contributed by atoms with E-state index in [-0.39, 0.29) is 53.0 Å². The van der Waals surface area contributed by atoms with Gasteiger partial charge in [0.2, 0.25) is 11.8 Å². The monoisotopic (exact) mass is 699 g/mol. The van der Waals surface area contributed by atoms with Crippen molar-refractivity contribution in [2.75, 3.05) is 77.0 Å². The number of carbonyl (C=O) groups is 3. The molecule has 6 rings (SSSR count). The molecule has 0 spiro atoms. The van der Waals surface area contributed by atoms with E-state index in [1.54, 1.807) is 4.90 Å². The number of fused-ring (bicyclic) bond motifs is 1. The maximum atomic E-state index is 14.1. The van der Waals surface area contributed by atoms with Crippen LogP contribution in [0.1, 0.15) is 55.2 Å². The van der Waals surface area contributed by atoms with Gasteiger partial charge in [-0.2, -0.15) is 0 Å². The Morgan fingerprint density at radius 3 is 2.27 bits per heavy atom. The Labute approximate surface area is 292 Å². The predicted molar refractivity (Wildman–Crippen MR) is 187 cm³/mol. The number of piperazine rings is 1. The number of alkyl halides is 2. The number of carbonyl (C=O) groups excluding carboxylic acids is 3. The summed E-state index contributed by atoms with van der Waals surface area (Å²) in [4.78, 5) is 51.4. The second-order valence-electron chi connectivity index (χ2n) is 14.0. The second-order valence-corrected chi connectivity index (χ2v) is 14.4. The number of likely N-dealkylation sites (N-methyl/N-ethyl adjacent to an activating group) is 1. The lowest BCUT2D eigenvalue weighted by Crippen LogP contribution is -2.53. The van der Waals surface area contributed by atoms with Crippen molar-refractivity contribution in [3.63, 3.8) is 0 Å². The molecule has 0 radical (unpaired) electrons. The van der Waals surface area contributed by atoms with Crippen LogP contribution in [0.3, 0.4) is 0 Å². The van der Waals surface area contributed by atoms with E-state index in [1.807, 2.05) is 34.1 Å². The summed E-state index contributed by atoms with van der Waals surface area (Å²) in [7, 11) is 2.13. The highest BCUT2D eigenvalue weighted by atomic mass is 35.5. The van der Waals surface area contributed by atoms with E-state index in [4.69, 9.17) is 17.3 Å². The zero-order chi connectivity index (χ0) is 34.7. The third-order valence-corrected chi connectivity index (χ3v) is 11.3. The molecule has 2 aromatic carbocycles. The summed E-state index contributed by atoms with van der Waals surface area (Å²) in [6, 6.07) is 11.0. The number of rotatable bonds is 8. The van der Waals surface area contributed by atoms with E-state index in [0.717, 1.165) is 56.7 Å². The van der Waals surface area contributed by atoms with Crippen molar-refractivity contribution in [3.05, 3.63) is 58.1 Å². The van der Waals surface area contributed by atoms with Gasteiger partial charge in [-0.05, 0) is 74.9 Å². The van der Waals surface area contributed by atoms with E-state index in [2.05, 4.69) is 22.2 Å². The van der Waals surface area contributed by atoms with Crippen LogP contribution in [-0.2, 0) is 22.4 Å². The van der Waals surface area contributed by atoms with Crippen molar-refractivity contribution >= 4 is 40.8 Å². The van der Waals surface area contributed by atoms with Crippen LogP contribution >= 0.6 is 11.6 Å². The van der Waals surface area contributed by atoms with Gasteiger partial charge in [-0.25, -0.2) is 13.6 Å². The number of anilines is 2. The van der Waals surface area contributed by atoms with E-state index in [0.29, 0.717) is 57.2 Å². The molecule has 0 aromatic heterocycles. The first-order valence-corrected chi connectivity index (χ1v) is 18.0. The SMILES string of the molecule is CN1CCN(C2CCN(C(=O)[C@H](CC(=O)N3CCC(N4CCc5ccccc5NC4=O)CC3)Cc3cc(Cl)c(N)c(C(F)F)c3)CC2)CC1. The number of likely N-dealkylation sites (tertiary alicyclic amines) is 2. The minimum absolute atomic E-state index is 0.00192. The molecule has 10 nitrogen and oxygen atoms in total. The summed E-state index contributed by atoms with van der Waals surface area (Å²) in [5.74, 6) is -1.01. The van der Waals surface area contributed by atoms with Crippen molar-refractivity contribution in [3.8, 4) is 0 Å². The van der Waals surface area contributed by atoms with Gasteiger partial charge in [0.05, 0.1) is 16.6 Å². The second kappa shape index (κ2) is 15.6. The fourth-order valence-corrected chi connectivity index (χ4v) is 8.18. The highest BCUT2D eigenvalue weighted by Gasteiger charge is 2.36. The van der Waals surface area contributed by atoms with Gasteiger partial charge in [-0.1, -0.05) is 29.8 Å². The van der Waals surface area contributed by atoms with Gasteiger partial charge in [0.15, 0.2) is 0 Å². The summed E-state index contributed by atoms with van der Waals surface area (Å²) < 4.78 is 27.6. The van der Waals surface area contributed by atoms with Gasteiger partial charge in [0, 0.05) is 88.7 Å². The Morgan fingerprint density at radius 2 is 1.57 bits per heavy atom. The summed E-state index contributed by atoms with van der Waals surface area (Å²) in [5, 5.41) is 3.05. The minimum atomic E-state index is -2.82. The molecule has 3 saturated heterocycles. The number of piperidine rings is 2. The van der Waals surface area contributed by atoms with Crippen molar-refractivity contribution in [1.82, 2.24) is 24.5 Å². The quantitative estimate of drug-likeness (QED) is 0.387. The Balaban J connectivity index is 1.11. The fourth-order valence-electron chi connectivity index (χ4n) is 7.93. The van der Waals surface area contributed by atoms with Gasteiger partial charge >= 0.3 is 6.03 Å². The number of nitrogens with zero attached hydrogens (tertiary/aromatic N) is 5. The minimum Gasteiger partial charge on any atom is -0.397 e. The van der Waals surface area contributed by atoms with E-state index < -0.39 is 12.3 Å². The lowest BCUT2D eigenvalue weighted by Gasteiger charge is -2.42. The zero-order valence-corrected chi connectivity index (χ0v) is 29.0. The van der Waals surface area contributed by atoms with E-state index >= 15 is 0 Å². The predicted octanol–water partition coefficient (Wildman–Crippen LogP) is 4.73. The standard InChI is InChI=1S/C36H48ClF2N7O3/c1-42-16-18-43(19-17-42)27-7-13-45(14-8-27)35(48)26(20-24-21-29(34(38)39)33(40)30(37)22-24)23-32(47)44-11-9-28(10-12-44)46-15-6-25-4-2-3-5-31(25)41-36(46)49/h2-5,21-22,26-28,34H,6-20,23,40H2,1H3,(H,41,49)/t26-/m0/s1. The van der Waals surface area contributed by atoms with E-state index in [9.17, 15) is 23.2 Å². The molecule has 13 heteroatoms. The molecule has 4 heterocycles. The fraction of sp³-hybridized carbons (Fsp3) is 0.583. The Hall–Kier alpha value is -3.48. The number of urea groups is 1. The normalized spacial score (nSPS) is 21.0. The van der Waals surface area contributed by atoms with Crippen LogP contribution in [0.15, 0.2) is 36.4 Å². The first kappa shape index (κ1) is 35.3. The number of benzene rings is 2. The van der Waals surface area contributed by atoms with Crippen LogP contribution in [0, 0.1) is 5.92 Å². The van der Waals surface area contributed by atoms with Crippen LogP contribution in [0.5, 0.6) is 0 Å². The maximum absolute atomic E-state index is 14.1. The third kappa shape index (κ3) is 8.29. The largest absolute Gasteiger partial charge is 0.397 e. The Bertz CT molecular complexity index is 1510. The number of halogens is 3. The Kier molecular flexibility index (Phi) is 11.3. The number of nitrogens with one attached hydrogen (secondary N) is 1. The third-order valence-electron chi connectivity index (χ3n) is 10.9. The lowest BCUT2D eigenvalue weighted by atomic mass is 9.91. The smallest absolute Gasteiger partial charge is 0.322 e. The van der Waals surface area contributed by atoms with Crippen molar-refractivity contribution < 1.29 is 23.2 Å². The van der Waals surface area contributed by atoms with Crippen LogP contribution in [0.2, 0.25) is 5.02 Å². The summed E-state index contributed by atoms with van der Waals surface area (Å²) >= 11 is 6.26. The molecule has 1 atom stereocenters. The van der Waals surface area contributed by atoms with Crippen LogP contribution in [0.4, 0.5) is 25.0 Å². The summed E-state index contributed by atoms with van der Waals surface area (Å²) in [6.45, 7) is 6.84. The molecule has 0 aliphatic carbocycles. The van der Waals surface area contributed by atoms with Gasteiger partial charge in [0.25, 0.3) is 6.43 Å². The zero-order valence-electron chi connectivity index (χ0n) is 28.3. The van der Waals surface area contributed by atoms with Crippen molar-refractivity contribution in [2.24, 2.45) is 5.92 Å². The number of amides is 4. The molecule has 2 aromatic rings. The molecular weight excluding hydrogens is 652 g/mol. The molecular formula is C36H48ClF2N7O3. The van der Waals surface area contributed by atoms with Crippen molar-refractivity contribution in [2.45, 2.75) is 63.5 Å². The Morgan fingerprint density at radius 1 is 0.918 bits per heavy atom. The molecule has 4 aliphatic heterocycles. The summed E-state index contributed by atoms with van der Waals surface area (Å²) in [6.07, 6.45) is 1.01. The number of nitrogen functional groups attached to an aromatic ring is 1. The van der Waals surface area contributed by atoms with Gasteiger partial charge < -0.3 is 30.7 Å². The average Bonchev–Trinajstić information content (AvgIpc) is 3.27.